The van der Waals surface area contributed by atoms with Gasteiger partial charge in [0.1, 0.15) is 0 Å². The van der Waals surface area contributed by atoms with Crippen LogP contribution in [0.5, 0.6) is 0 Å². The molecule has 0 saturated carbocycles. The van der Waals surface area contributed by atoms with Gasteiger partial charge in [0.2, 0.25) is 5.91 Å². The summed E-state index contributed by atoms with van der Waals surface area (Å²) in [6, 6.07) is 16.7. The van der Waals surface area contributed by atoms with Gasteiger partial charge >= 0.3 is 0 Å². The molecular weight excluding hydrogens is 360 g/mol. The SMILES string of the molecule is CC(C(=O)NCCCCN1CCCCC1)c1cccc(C(=O)c2ccccc2)c1. The van der Waals surface area contributed by atoms with Crippen LogP contribution in [-0.2, 0) is 4.79 Å². The molecule has 2 aromatic rings. The van der Waals surface area contributed by atoms with Crippen LogP contribution in [0.1, 0.15) is 66.4 Å². The molecule has 29 heavy (non-hydrogen) atoms. The fourth-order valence-electron chi connectivity index (χ4n) is 3.86. The molecule has 1 atom stereocenters. The number of rotatable bonds is 9. The van der Waals surface area contributed by atoms with E-state index in [1.165, 1.54) is 32.4 Å². The lowest BCUT2D eigenvalue weighted by Crippen LogP contribution is -2.32. The quantitative estimate of drug-likeness (QED) is 0.508. The number of nitrogens with one attached hydrogen (secondary N) is 1. The summed E-state index contributed by atoms with van der Waals surface area (Å²) in [7, 11) is 0. The summed E-state index contributed by atoms with van der Waals surface area (Å²) in [5.41, 5.74) is 2.16. The van der Waals surface area contributed by atoms with E-state index in [1.807, 2.05) is 61.5 Å². The number of hydrogen-bond acceptors (Lipinski definition) is 3. The van der Waals surface area contributed by atoms with Gasteiger partial charge in [0.15, 0.2) is 5.78 Å². The largest absolute Gasteiger partial charge is 0.356 e. The van der Waals surface area contributed by atoms with Crippen molar-refractivity contribution in [1.82, 2.24) is 10.2 Å². The number of hydrogen-bond donors (Lipinski definition) is 1. The second-order valence-electron chi connectivity index (χ2n) is 7.94. The summed E-state index contributed by atoms with van der Waals surface area (Å²) in [6.45, 7) is 6.19. The predicted octanol–water partition coefficient (Wildman–Crippen LogP) is 4.40. The van der Waals surface area contributed by atoms with Gasteiger partial charge in [0, 0.05) is 17.7 Å². The minimum atomic E-state index is -0.277. The summed E-state index contributed by atoms with van der Waals surface area (Å²) < 4.78 is 0. The summed E-state index contributed by atoms with van der Waals surface area (Å²) >= 11 is 0. The van der Waals surface area contributed by atoms with E-state index >= 15 is 0 Å². The highest BCUT2D eigenvalue weighted by Crippen LogP contribution is 2.19. The Bertz CT molecular complexity index is 797. The highest BCUT2D eigenvalue weighted by Gasteiger charge is 2.17. The topological polar surface area (TPSA) is 49.4 Å². The molecule has 4 heteroatoms. The van der Waals surface area contributed by atoms with Gasteiger partial charge < -0.3 is 10.2 Å². The van der Waals surface area contributed by atoms with Crippen LogP contribution in [0.4, 0.5) is 0 Å². The van der Waals surface area contributed by atoms with Crippen molar-refractivity contribution in [2.24, 2.45) is 0 Å². The highest BCUT2D eigenvalue weighted by molar-refractivity contribution is 6.09. The van der Waals surface area contributed by atoms with Crippen molar-refractivity contribution in [3.05, 3.63) is 71.3 Å². The zero-order valence-electron chi connectivity index (χ0n) is 17.4. The third-order valence-electron chi connectivity index (χ3n) is 5.73. The van der Waals surface area contributed by atoms with E-state index < -0.39 is 0 Å². The number of ketones is 1. The van der Waals surface area contributed by atoms with Crippen molar-refractivity contribution in [3.63, 3.8) is 0 Å². The van der Waals surface area contributed by atoms with Gasteiger partial charge in [-0.25, -0.2) is 0 Å². The molecule has 1 aliphatic rings. The molecule has 0 bridgehead atoms. The second-order valence-corrected chi connectivity index (χ2v) is 7.94. The van der Waals surface area contributed by atoms with Crippen LogP contribution in [0, 0.1) is 0 Å². The van der Waals surface area contributed by atoms with E-state index in [2.05, 4.69) is 10.2 Å². The lowest BCUT2D eigenvalue weighted by atomic mass is 9.95. The maximum atomic E-state index is 12.7. The van der Waals surface area contributed by atoms with E-state index in [1.54, 1.807) is 0 Å². The maximum absolute atomic E-state index is 12.7. The fourth-order valence-corrected chi connectivity index (χ4v) is 3.86. The molecule has 1 aliphatic heterocycles. The number of amides is 1. The van der Waals surface area contributed by atoms with Crippen LogP contribution in [-0.4, -0.2) is 42.8 Å². The van der Waals surface area contributed by atoms with Gasteiger partial charge in [-0.3, -0.25) is 9.59 Å². The second kappa shape index (κ2) is 10.9. The van der Waals surface area contributed by atoms with Crippen molar-refractivity contribution in [2.45, 2.75) is 44.9 Å². The average molecular weight is 393 g/mol. The first kappa shape index (κ1) is 21.3. The van der Waals surface area contributed by atoms with E-state index in [0.717, 1.165) is 24.9 Å². The Morgan fingerprint density at radius 1 is 0.931 bits per heavy atom. The van der Waals surface area contributed by atoms with Crippen molar-refractivity contribution in [2.75, 3.05) is 26.2 Å². The van der Waals surface area contributed by atoms with Gasteiger partial charge in [0.25, 0.3) is 0 Å². The molecule has 1 saturated heterocycles. The Morgan fingerprint density at radius 2 is 1.66 bits per heavy atom. The Balaban J connectivity index is 1.47. The molecule has 1 N–H and O–H groups in total. The number of piperidine rings is 1. The number of carbonyl (C=O) groups is 2. The third kappa shape index (κ3) is 6.26. The first-order chi connectivity index (χ1) is 14.1. The molecule has 0 aromatic heterocycles. The number of nitrogens with zero attached hydrogens (tertiary/aromatic N) is 1. The van der Waals surface area contributed by atoms with Gasteiger partial charge in [-0.1, -0.05) is 55.0 Å². The van der Waals surface area contributed by atoms with Crippen LogP contribution < -0.4 is 5.32 Å². The molecule has 0 spiro atoms. The summed E-state index contributed by atoms with van der Waals surface area (Å²) in [4.78, 5) is 27.7. The summed E-state index contributed by atoms with van der Waals surface area (Å²) in [5, 5.41) is 3.06. The normalized spacial score (nSPS) is 15.6. The molecular formula is C25H32N2O2. The molecule has 154 valence electrons. The van der Waals surface area contributed by atoms with E-state index in [-0.39, 0.29) is 17.6 Å². The maximum Gasteiger partial charge on any atom is 0.227 e. The first-order valence-electron chi connectivity index (χ1n) is 10.8. The standard InChI is InChI=1S/C25H32N2O2/c1-20(25(29)26-15-6-9-18-27-16-7-3-8-17-27)22-13-10-14-23(19-22)24(28)21-11-4-2-5-12-21/h2,4-5,10-14,19-20H,3,6-9,15-18H2,1H3,(H,26,29). The van der Waals surface area contributed by atoms with Crippen molar-refractivity contribution in [1.29, 1.82) is 0 Å². The Hall–Kier alpha value is -2.46. The summed E-state index contributed by atoms with van der Waals surface area (Å²) in [6.07, 6.45) is 6.12. The van der Waals surface area contributed by atoms with Crippen LogP contribution >= 0.6 is 0 Å². The van der Waals surface area contributed by atoms with Crippen molar-refractivity contribution >= 4 is 11.7 Å². The summed E-state index contributed by atoms with van der Waals surface area (Å²) in [5.74, 6) is -0.273. The lowest BCUT2D eigenvalue weighted by Gasteiger charge is -2.26. The number of carbonyl (C=O) groups excluding carboxylic acids is 2. The van der Waals surface area contributed by atoms with Gasteiger partial charge in [-0.2, -0.15) is 0 Å². The Morgan fingerprint density at radius 3 is 2.41 bits per heavy atom. The Kier molecular flexibility index (Phi) is 8.00. The highest BCUT2D eigenvalue weighted by atomic mass is 16.1. The number of benzene rings is 2. The van der Waals surface area contributed by atoms with Crippen LogP contribution in [0.2, 0.25) is 0 Å². The first-order valence-corrected chi connectivity index (χ1v) is 10.8. The molecule has 4 nitrogen and oxygen atoms in total. The van der Waals surface area contributed by atoms with Crippen LogP contribution in [0.3, 0.4) is 0 Å². The average Bonchev–Trinajstić information content (AvgIpc) is 2.79. The fraction of sp³-hybridized carbons (Fsp3) is 0.440. The number of likely N-dealkylation sites (tertiary alicyclic amines) is 1. The minimum absolute atomic E-state index is 0.0160. The predicted molar refractivity (Wildman–Crippen MR) is 117 cm³/mol. The smallest absolute Gasteiger partial charge is 0.227 e. The van der Waals surface area contributed by atoms with Gasteiger partial charge in [0.05, 0.1) is 5.92 Å². The Labute approximate surface area is 174 Å². The van der Waals surface area contributed by atoms with Crippen molar-refractivity contribution in [3.8, 4) is 0 Å². The van der Waals surface area contributed by atoms with Gasteiger partial charge in [-0.15, -0.1) is 0 Å². The molecule has 3 rings (SSSR count). The molecule has 2 aromatic carbocycles. The molecule has 1 heterocycles. The van der Waals surface area contributed by atoms with E-state index in [4.69, 9.17) is 0 Å². The minimum Gasteiger partial charge on any atom is -0.356 e. The molecule has 1 amide bonds. The molecule has 0 radical (unpaired) electrons. The lowest BCUT2D eigenvalue weighted by molar-refractivity contribution is -0.122. The third-order valence-corrected chi connectivity index (χ3v) is 5.73. The van der Waals surface area contributed by atoms with Crippen molar-refractivity contribution < 1.29 is 9.59 Å². The van der Waals surface area contributed by atoms with E-state index in [0.29, 0.717) is 17.7 Å². The zero-order chi connectivity index (χ0) is 20.5. The number of unbranched alkanes of at least 4 members (excludes halogenated alkanes) is 1. The van der Waals surface area contributed by atoms with E-state index in [9.17, 15) is 9.59 Å². The monoisotopic (exact) mass is 392 g/mol. The van der Waals surface area contributed by atoms with Gasteiger partial charge in [-0.05, 0) is 63.9 Å². The molecule has 1 fully saturated rings. The van der Waals surface area contributed by atoms with Crippen LogP contribution in [0.25, 0.3) is 0 Å². The molecule has 0 aliphatic carbocycles. The zero-order valence-corrected chi connectivity index (χ0v) is 17.4. The van der Waals surface area contributed by atoms with Crippen LogP contribution in [0.15, 0.2) is 54.6 Å². The molecule has 1 unspecified atom stereocenters.